The zero-order chi connectivity index (χ0) is 15.9. The fourth-order valence-corrected chi connectivity index (χ4v) is 2.28. The number of amides is 2. The molecule has 0 saturated carbocycles. The van der Waals surface area contributed by atoms with E-state index in [1.54, 1.807) is 30.3 Å². The Hall–Kier alpha value is -2.14. The number of anilines is 1. The van der Waals surface area contributed by atoms with Crippen molar-refractivity contribution in [2.75, 3.05) is 11.9 Å². The Kier molecular flexibility index (Phi) is 5.72. The van der Waals surface area contributed by atoms with Gasteiger partial charge in [-0.2, -0.15) is 0 Å². The highest BCUT2D eigenvalue weighted by Crippen LogP contribution is 2.22. The van der Waals surface area contributed by atoms with Gasteiger partial charge in [-0.3, -0.25) is 9.59 Å². The molecule has 0 unspecified atom stereocenters. The Labute approximate surface area is 138 Å². The number of para-hydroxylation sites is 1. The molecule has 2 aromatic carbocycles. The molecule has 2 aromatic rings. The zero-order valence-corrected chi connectivity index (χ0v) is 13.8. The van der Waals surface area contributed by atoms with Crippen LogP contribution in [0, 0.1) is 0 Å². The first-order valence-corrected chi connectivity index (χ1v) is 7.85. The quantitative estimate of drug-likeness (QED) is 0.850. The number of carbonyl (C=O) groups is 2. The monoisotopic (exact) mass is 360 g/mol. The summed E-state index contributed by atoms with van der Waals surface area (Å²) >= 11 is 3.38. The molecule has 4 nitrogen and oxygen atoms in total. The number of rotatable bonds is 5. The number of carbonyl (C=O) groups excluding carboxylic acids is 2. The van der Waals surface area contributed by atoms with Crippen molar-refractivity contribution in [3.63, 3.8) is 0 Å². The summed E-state index contributed by atoms with van der Waals surface area (Å²) in [5, 5.41) is 5.61. The Balaban J connectivity index is 2.13. The lowest BCUT2D eigenvalue weighted by Gasteiger charge is -2.08. The predicted octanol–water partition coefficient (Wildman–Crippen LogP) is 3.84. The van der Waals surface area contributed by atoms with Crippen molar-refractivity contribution in [1.29, 1.82) is 0 Å². The Morgan fingerprint density at radius 2 is 1.68 bits per heavy atom. The molecule has 0 bridgehead atoms. The van der Waals surface area contributed by atoms with Crippen LogP contribution >= 0.6 is 15.9 Å². The molecule has 2 N–H and O–H groups in total. The van der Waals surface area contributed by atoms with Crippen molar-refractivity contribution >= 4 is 33.4 Å². The molecule has 0 aliphatic rings. The molecular weight excluding hydrogens is 344 g/mol. The maximum atomic E-state index is 12.3. The lowest BCUT2D eigenvalue weighted by molar-refractivity contribution is 0.0953. The van der Waals surface area contributed by atoms with Crippen molar-refractivity contribution in [3.8, 4) is 0 Å². The van der Waals surface area contributed by atoms with E-state index in [4.69, 9.17) is 0 Å². The second kappa shape index (κ2) is 7.75. The third kappa shape index (κ3) is 4.18. The minimum Gasteiger partial charge on any atom is -0.352 e. The highest BCUT2D eigenvalue weighted by Gasteiger charge is 2.11. The van der Waals surface area contributed by atoms with Gasteiger partial charge >= 0.3 is 0 Å². The molecule has 114 valence electrons. The lowest BCUT2D eigenvalue weighted by atomic mass is 10.1. The molecule has 0 atom stereocenters. The van der Waals surface area contributed by atoms with Crippen molar-refractivity contribution in [2.24, 2.45) is 0 Å². The molecule has 0 heterocycles. The van der Waals surface area contributed by atoms with Crippen molar-refractivity contribution < 1.29 is 9.59 Å². The number of hydrogen-bond acceptors (Lipinski definition) is 2. The summed E-state index contributed by atoms with van der Waals surface area (Å²) in [5.41, 5.74) is 1.61. The maximum Gasteiger partial charge on any atom is 0.255 e. The largest absolute Gasteiger partial charge is 0.352 e. The summed E-state index contributed by atoms with van der Waals surface area (Å²) in [4.78, 5) is 24.2. The van der Waals surface area contributed by atoms with E-state index >= 15 is 0 Å². The predicted molar refractivity (Wildman–Crippen MR) is 91.2 cm³/mol. The highest BCUT2D eigenvalue weighted by atomic mass is 79.9. The van der Waals surface area contributed by atoms with Crippen molar-refractivity contribution in [1.82, 2.24) is 5.32 Å². The first kappa shape index (κ1) is 16.2. The summed E-state index contributed by atoms with van der Waals surface area (Å²) in [5.74, 6) is -0.422. The zero-order valence-electron chi connectivity index (χ0n) is 12.2. The van der Waals surface area contributed by atoms with Gasteiger partial charge in [-0.05, 0) is 52.7 Å². The van der Waals surface area contributed by atoms with Gasteiger partial charge in [-0.25, -0.2) is 0 Å². The summed E-state index contributed by atoms with van der Waals surface area (Å²) in [7, 11) is 0. The minimum absolute atomic E-state index is 0.169. The van der Waals surface area contributed by atoms with Crippen LogP contribution in [0.5, 0.6) is 0 Å². The first-order valence-electron chi connectivity index (χ1n) is 7.06. The van der Waals surface area contributed by atoms with Gasteiger partial charge in [0.15, 0.2) is 0 Å². The number of hydrogen-bond donors (Lipinski definition) is 2. The van der Waals surface area contributed by atoms with Gasteiger partial charge in [0.05, 0.1) is 5.69 Å². The van der Waals surface area contributed by atoms with E-state index in [9.17, 15) is 9.59 Å². The van der Waals surface area contributed by atoms with Crippen LogP contribution in [-0.4, -0.2) is 18.4 Å². The Bertz CT molecular complexity index is 686. The Morgan fingerprint density at radius 1 is 1.00 bits per heavy atom. The summed E-state index contributed by atoms with van der Waals surface area (Å²) in [6, 6.07) is 14.0. The first-order chi connectivity index (χ1) is 10.6. The van der Waals surface area contributed by atoms with Crippen LogP contribution in [-0.2, 0) is 0 Å². The number of nitrogens with one attached hydrogen (secondary N) is 2. The number of halogens is 1. The van der Waals surface area contributed by atoms with Crippen molar-refractivity contribution in [3.05, 3.63) is 64.1 Å². The average molecular weight is 361 g/mol. The molecule has 0 aliphatic heterocycles. The van der Waals surface area contributed by atoms with E-state index in [1.165, 1.54) is 0 Å². The molecule has 5 heteroatoms. The van der Waals surface area contributed by atoms with Crippen LogP contribution < -0.4 is 10.6 Å². The molecule has 0 aliphatic carbocycles. The molecule has 22 heavy (non-hydrogen) atoms. The fourth-order valence-electron chi connectivity index (χ4n) is 1.90. The van der Waals surface area contributed by atoms with E-state index < -0.39 is 0 Å². The van der Waals surface area contributed by atoms with E-state index in [-0.39, 0.29) is 11.8 Å². The lowest BCUT2D eigenvalue weighted by Crippen LogP contribution is -2.24. The van der Waals surface area contributed by atoms with Crippen LogP contribution in [0.4, 0.5) is 5.69 Å². The van der Waals surface area contributed by atoms with Crippen LogP contribution in [0.1, 0.15) is 34.1 Å². The van der Waals surface area contributed by atoms with Crippen LogP contribution in [0.15, 0.2) is 53.0 Å². The third-order valence-corrected chi connectivity index (χ3v) is 3.74. The van der Waals surface area contributed by atoms with E-state index in [0.29, 0.717) is 23.4 Å². The topological polar surface area (TPSA) is 58.2 Å². The minimum atomic E-state index is -0.253. The number of benzene rings is 2. The van der Waals surface area contributed by atoms with Gasteiger partial charge in [0.1, 0.15) is 0 Å². The van der Waals surface area contributed by atoms with Gasteiger partial charge < -0.3 is 10.6 Å². The summed E-state index contributed by atoms with van der Waals surface area (Å²) in [6.45, 7) is 2.61. The fraction of sp³-hybridized carbons (Fsp3) is 0.176. The molecule has 2 rings (SSSR count). The van der Waals surface area contributed by atoms with E-state index in [0.717, 1.165) is 10.9 Å². The summed E-state index contributed by atoms with van der Waals surface area (Å²) in [6.07, 6.45) is 0.869. The van der Waals surface area contributed by atoms with Gasteiger partial charge in [0.2, 0.25) is 0 Å². The normalized spacial score (nSPS) is 10.1. The van der Waals surface area contributed by atoms with Gasteiger partial charge in [0.25, 0.3) is 11.8 Å². The second-order valence-corrected chi connectivity index (χ2v) is 5.63. The third-order valence-electron chi connectivity index (χ3n) is 3.04. The molecule has 2 amide bonds. The molecule has 0 spiro atoms. The standard InChI is InChI=1S/C17H17BrN2O2/c1-2-10-19-16(21)12-6-5-7-13(11-12)17(22)20-15-9-4-3-8-14(15)18/h3-9,11H,2,10H2,1H3,(H,19,21)(H,20,22). The SMILES string of the molecule is CCCNC(=O)c1cccc(C(=O)Nc2ccccc2Br)c1. The molecule has 0 radical (unpaired) electrons. The van der Waals surface area contributed by atoms with E-state index in [2.05, 4.69) is 26.6 Å². The second-order valence-electron chi connectivity index (χ2n) is 4.77. The maximum absolute atomic E-state index is 12.3. The highest BCUT2D eigenvalue weighted by molar-refractivity contribution is 9.10. The molecule has 0 saturated heterocycles. The van der Waals surface area contributed by atoms with Gasteiger partial charge in [-0.15, -0.1) is 0 Å². The molecular formula is C17H17BrN2O2. The van der Waals surface area contributed by atoms with Gasteiger partial charge in [-0.1, -0.05) is 25.1 Å². The van der Waals surface area contributed by atoms with Crippen LogP contribution in [0.3, 0.4) is 0 Å². The van der Waals surface area contributed by atoms with Crippen LogP contribution in [0.25, 0.3) is 0 Å². The van der Waals surface area contributed by atoms with Crippen LogP contribution in [0.2, 0.25) is 0 Å². The average Bonchev–Trinajstić information content (AvgIpc) is 2.54. The van der Waals surface area contributed by atoms with E-state index in [1.807, 2.05) is 25.1 Å². The molecule has 0 aromatic heterocycles. The smallest absolute Gasteiger partial charge is 0.255 e. The van der Waals surface area contributed by atoms with Gasteiger partial charge in [0, 0.05) is 22.1 Å². The molecule has 0 fully saturated rings. The van der Waals surface area contributed by atoms with Crippen molar-refractivity contribution in [2.45, 2.75) is 13.3 Å². The Morgan fingerprint density at radius 3 is 2.36 bits per heavy atom. The summed E-state index contributed by atoms with van der Waals surface area (Å²) < 4.78 is 0.806.